The molecule has 0 aliphatic carbocycles. The average molecular weight is 512 g/mol. The third kappa shape index (κ3) is 6.36. The highest BCUT2D eigenvalue weighted by Crippen LogP contribution is 2.41. The van der Waals surface area contributed by atoms with E-state index < -0.39 is 11.9 Å². The normalized spacial score (nSPS) is 21.1. The van der Waals surface area contributed by atoms with Crippen LogP contribution in [0.5, 0.6) is 5.75 Å². The fourth-order valence-electron chi connectivity index (χ4n) is 5.92. The number of carboxylic acid groups (broad SMARTS) is 1. The van der Waals surface area contributed by atoms with Crippen molar-refractivity contribution in [3.63, 3.8) is 0 Å². The molecule has 202 valence electrons. The molecule has 2 aliphatic rings. The number of carbonyl (C=O) groups excluding carboxylic acids is 1. The van der Waals surface area contributed by atoms with Crippen LogP contribution < -0.4 is 4.74 Å². The average Bonchev–Trinajstić information content (AvgIpc) is 3.60. The standard InChI is InChI=1S/C29H41N3O5/c1-3-4-14-31(15-6-16-33)27(34)20-32-19-24(21-8-11-26-22(18-21)12-17-37-26)28(29(35)36)25(32)10-9-23-7-5-13-30(23)2/h5,7-8,11,13,18,24-25,28,33H,3-4,6,9-10,12,14-17,19-20H2,1-2H3,(H,35,36)/t24-,25+,28?/m1/s1. The minimum Gasteiger partial charge on any atom is -0.493 e. The molecular formula is C29H41N3O5. The second-order valence-electron chi connectivity index (χ2n) is 10.4. The molecule has 1 aromatic carbocycles. The molecule has 1 saturated heterocycles. The van der Waals surface area contributed by atoms with Crippen LogP contribution in [-0.4, -0.2) is 81.9 Å². The summed E-state index contributed by atoms with van der Waals surface area (Å²) in [7, 11) is 2.00. The molecule has 0 radical (unpaired) electrons. The number of aliphatic carboxylic acids is 1. The van der Waals surface area contributed by atoms with Crippen molar-refractivity contribution in [2.45, 2.75) is 57.4 Å². The lowest BCUT2D eigenvalue weighted by molar-refractivity contribution is -0.143. The molecule has 2 N–H and O–H groups in total. The van der Waals surface area contributed by atoms with Crippen molar-refractivity contribution in [2.75, 3.05) is 39.4 Å². The molecule has 4 rings (SSSR count). The van der Waals surface area contributed by atoms with Crippen LogP contribution in [0.1, 0.15) is 55.3 Å². The molecule has 8 heteroatoms. The van der Waals surface area contributed by atoms with Crippen LogP contribution >= 0.6 is 0 Å². The van der Waals surface area contributed by atoms with Gasteiger partial charge in [0, 0.05) is 63.6 Å². The van der Waals surface area contributed by atoms with Crippen LogP contribution in [0.4, 0.5) is 0 Å². The van der Waals surface area contributed by atoms with Gasteiger partial charge in [-0.05, 0) is 55.0 Å². The lowest BCUT2D eigenvalue weighted by atomic mass is 9.83. The van der Waals surface area contributed by atoms with Gasteiger partial charge < -0.3 is 24.4 Å². The third-order valence-corrected chi connectivity index (χ3v) is 7.98. The van der Waals surface area contributed by atoms with Crippen LogP contribution in [0.2, 0.25) is 0 Å². The molecular weight excluding hydrogens is 470 g/mol. The predicted molar refractivity (Wildman–Crippen MR) is 142 cm³/mol. The first-order valence-electron chi connectivity index (χ1n) is 13.6. The van der Waals surface area contributed by atoms with E-state index in [9.17, 15) is 19.8 Å². The number of aliphatic hydroxyl groups excluding tert-OH is 1. The number of carboxylic acids is 1. The van der Waals surface area contributed by atoms with Gasteiger partial charge in [-0.3, -0.25) is 14.5 Å². The van der Waals surface area contributed by atoms with Crippen molar-refractivity contribution >= 4 is 11.9 Å². The van der Waals surface area contributed by atoms with E-state index in [1.54, 1.807) is 0 Å². The summed E-state index contributed by atoms with van der Waals surface area (Å²) in [6.07, 6.45) is 6.69. The number of carbonyl (C=O) groups is 2. The third-order valence-electron chi connectivity index (χ3n) is 7.98. The molecule has 2 aliphatic heterocycles. The lowest BCUT2D eigenvalue weighted by Crippen LogP contribution is -2.45. The zero-order valence-corrected chi connectivity index (χ0v) is 22.1. The molecule has 1 fully saturated rings. The monoisotopic (exact) mass is 511 g/mol. The van der Waals surface area contributed by atoms with Crippen LogP contribution in [-0.2, 0) is 29.5 Å². The minimum atomic E-state index is -0.809. The molecule has 3 heterocycles. The Morgan fingerprint density at radius 2 is 2.00 bits per heavy atom. The molecule has 0 bridgehead atoms. The van der Waals surface area contributed by atoms with E-state index in [0.717, 1.165) is 48.3 Å². The van der Waals surface area contributed by atoms with Gasteiger partial charge in [-0.15, -0.1) is 0 Å². The molecule has 0 spiro atoms. The predicted octanol–water partition coefficient (Wildman–Crippen LogP) is 3.07. The zero-order valence-electron chi connectivity index (χ0n) is 22.1. The summed E-state index contributed by atoms with van der Waals surface area (Å²) in [5, 5.41) is 19.8. The van der Waals surface area contributed by atoms with Crippen LogP contribution in [0.25, 0.3) is 0 Å². The SMILES string of the molecule is CCCCN(CCCO)C(=O)CN1C[C@H](c2ccc3c(c2)CCO3)C(C(=O)O)[C@@H]1CCc1cccn1C. The fourth-order valence-corrected chi connectivity index (χ4v) is 5.92. The summed E-state index contributed by atoms with van der Waals surface area (Å²) in [6, 6.07) is 9.89. The van der Waals surface area contributed by atoms with E-state index in [-0.39, 0.29) is 31.0 Å². The topological polar surface area (TPSA) is 95.2 Å². The quantitative estimate of drug-likeness (QED) is 0.429. The number of aryl methyl sites for hydroxylation is 2. The van der Waals surface area contributed by atoms with Crippen molar-refractivity contribution in [3.05, 3.63) is 53.3 Å². The van der Waals surface area contributed by atoms with Gasteiger partial charge in [0.1, 0.15) is 5.75 Å². The van der Waals surface area contributed by atoms with Crippen molar-refractivity contribution < 1.29 is 24.5 Å². The number of aromatic nitrogens is 1. The fraction of sp³-hybridized carbons (Fsp3) is 0.586. The molecule has 2 aromatic rings. The number of amides is 1. The van der Waals surface area contributed by atoms with E-state index in [2.05, 4.69) is 28.5 Å². The van der Waals surface area contributed by atoms with Gasteiger partial charge in [-0.2, -0.15) is 0 Å². The van der Waals surface area contributed by atoms with E-state index in [1.807, 2.05) is 36.3 Å². The molecule has 37 heavy (non-hydrogen) atoms. The van der Waals surface area contributed by atoms with Gasteiger partial charge in [0.15, 0.2) is 0 Å². The molecule has 1 unspecified atom stereocenters. The number of nitrogens with zero attached hydrogens (tertiary/aromatic N) is 3. The highest BCUT2D eigenvalue weighted by Gasteiger charge is 2.47. The second-order valence-corrected chi connectivity index (χ2v) is 10.4. The van der Waals surface area contributed by atoms with Crippen molar-refractivity contribution in [2.24, 2.45) is 13.0 Å². The number of fused-ring (bicyclic) bond motifs is 1. The number of likely N-dealkylation sites (tertiary alicyclic amines) is 1. The summed E-state index contributed by atoms with van der Waals surface area (Å²) in [6.45, 7) is 4.71. The number of hydrogen-bond acceptors (Lipinski definition) is 5. The summed E-state index contributed by atoms with van der Waals surface area (Å²) >= 11 is 0. The summed E-state index contributed by atoms with van der Waals surface area (Å²) in [5.41, 5.74) is 3.30. The van der Waals surface area contributed by atoms with Crippen LogP contribution in [0, 0.1) is 5.92 Å². The first-order valence-corrected chi connectivity index (χ1v) is 13.6. The van der Waals surface area contributed by atoms with Crippen molar-refractivity contribution in [1.29, 1.82) is 0 Å². The highest BCUT2D eigenvalue weighted by atomic mass is 16.5. The van der Waals surface area contributed by atoms with Gasteiger partial charge in [0.2, 0.25) is 5.91 Å². The van der Waals surface area contributed by atoms with Gasteiger partial charge >= 0.3 is 5.97 Å². The smallest absolute Gasteiger partial charge is 0.308 e. The number of rotatable bonds is 13. The lowest BCUT2D eigenvalue weighted by Gasteiger charge is -2.29. The van der Waals surface area contributed by atoms with E-state index in [4.69, 9.17) is 4.74 Å². The van der Waals surface area contributed by atoms with Crippen LogP contribution in [0.15, 0.2) is 36.5 Å². The Bertz CT molecular complexity index is 1060. The Morgan fingerprint density at radius 3 is 2.70 bits per heavy atom. The van der Waals surface area contributed by atoms with E-state index in [0.29, 0.717) is 39.1 Å². The van der Waals surface area contributed by atoms with Gasteiger partial charge in [0.05, 0.1) is 19.1 Å². The Balaban J connectivity index is 1.59. The van der Waals surface area contributed by atoms with Gasteiger partial charge in [-0.25, -0.2) is 0 Å². The minimum absolute atomic E-state index is 0.0120. The maximum absolute atomic E-state index is 13.5. The molecule has 0 saturated carbocycles. The molecule has 3 atom stereocenters. The van der Waals surface area contributed by atoms with Crippen molar-refractivity contribution in [3.8, 4) is 5.75 Å². The summed E-state index contributed by atoms with van der Waals surface area (Å²) in [4.78, 5) is 30.1. The highest BCUT2D eigenvalue weighted by molar-refractivity contribution is 5.79. The van der Waals surface area contributed by atoms with Crippen LogP contribution in [0.3, 0.4) is 0 Å². The second kappa shape index (κ2) is 12.6. The molecule has 8 nitrogen and oxygen atoms in total. The van der Waals surface area contributed by atoms with Gasteiger partial charge in [0.25, 0.3) is 0 Å². The number of aliphatic hydroxyl groups is 1. The largest absolute Gasteiger partial charge is 0.493 e. The number of unbranched alkanes of at least 4 members (excludes halogenated alkanes) is 1. The Labute approximate surface area is 219 Å². The first kappa shape index (κ1) is 27.2. The maximum atomic E-state index is 13.5. The van der Waals surface area contributed by atoms with E-state index in [1.165, 1.54) is 0 Å². The van der Waals surface area contributed by atoms with Crippen molar-refractivity contribution in [1.82, 2.24) is 14.4 Å². The number of hydrogen-bond donors (Lipinski definition) is 2. The number of benzene rings is 1. The summed E-state index contributed by atoms with van der Waals surface area (Å²) in [5.74, 6) is -0.711. The van der Waals surface area contributed by atoms with Gasteiger partial charge in [-0.1, -0.05) is 25.5 Å². The Hall–Kier alpha value is -2.84. The molecule has 1 amide bonds. The van der Waals surface area contributed by atoms with E-state index >= 15 is 0 Å². The summed E-state index contributed by atoms with van der Waals surface area (Å²) < 4.78 is 7.74. The first-order chi connectivity index (χ1) is 17.9. The maximum Gasteiger partial charge on any atom is 0.308 e. The molecule has 1 aromatic heterocycles. The Morgan fingerprint density at radius 1 is 1.19 bits per heavy atom. The Kier molecular flexibility index (Phi) is 9.27. The zero-order chi connectivity index (χ0) is 26.4. The number of ether oxygens (including phenoxy) is 1.